The Morgan fingerprint density at radius 3 is 2.79 bits per heavy atom. The van der Waals surface area contributed by atoms with E-state index in [9.17, 15) is 9.90 Å². The Morgan fingerprint density at radius 2 is 2.32 bits per heavy atom. The van der Waals surface area contributed by atoms with Gasteiger partial charge in [0.1, 0.15) is 5.15 Å². The Hall–Kier alpha value is -1.33. The number of aliphatic hydroxyl groups is 1. The first kappa shape index (κ1) is 14.1. The van der Waals surface area contributed by atoms with Crippen LogP contribution in [0, 0.1) is 6.92 Å². The fourth-order valence-corrected chi connectivity index (χ4v) is 2.30. The molecule has 1 aromatic heterocycles. The zero-order valence-electron chi connectivity index (χ0n) is 11.1. The van der Waals surface area contributed by atoms with Crippen LogP contribution in [0.1, 0.15) is 30.5 Å². The van der Waals surface area contributed by atoms with Crippen molar-refractivity contribution in [1.29, 1.82) is 0 Å². The molecule has 1 aliphatic rings. The molecule has 0 radical (unpaired) electrons. The van der Waals surface area contributed by atoms with E-state index in [1.54, 1.807) is 17.8 Å². The lowest BCUT2D eigenvalue weighted by molar-refractivity contribution is -0.118. The maximum Gasteiger partial charge on any atom is 0.244 e. The molecule has 0 saturated heterocycles. The van der Waals surface area contributed by atoms with E-state index >= 15 is 0 Å². The van der Waals surface area contributed by atoms with Crippen molar-refractivity contribution in [2.75, 3.05) is 6.54 Å². The van der Waals surface area contributed by atoms with E-state index in [2.05, 4.69) is 10.4 Å². The van der Waals surface area contributed by atoms with Gasteiger partial charge >= 0.3 is 0 Å². The first-order valence-corrected chi connectivity index (χ1v) is 6.66. The van der Waals surface area contributed by atoms with E-state index in [-0.39, 0.29) is 5.91 Å². The summed E-state index contributed by atoms with van der Waals surface area (Å²) in [7, 11) is 1.75. The Bertz CT molecular complexity index is 518. The molecule has 0 unspecified atom stereocenters. The van der Waals surface area contributed by atoms with Gasteiger partial charge in [0.15, 0.2) is 0 Å². The van der Waals surface area contributed by atoms with Gasteiger partial charge in [-0.1, -0.05) is 11.6 Å². The van der Waals surface area contributed by atoms with Gasteiger partial charge in [0.05, 0.1) is 11.3 Å². The number of halogens is 1. The minimum absolute atomic E-state index is 0.236. The van der Waals surface area contributed by atoms with Crippen LogP contribution in [0.2, 0.25) is 5.15 Å². The first-order chi connectivity index (χ1) is 8.91. The van der Waals surface area contributed by atoms with Gasteiger partial charge in [0.25, 0.3) is 0 Å². The first-order valence-electron chi connectivity index (χ1n) is 6.29. The molecule has 1 saturated carbocycles. The van der Waals surface area contributed by atoms with Gasteiger partial charge in [-0.3, -0.25) is 9.48 Å². The molecule has 1 aliphatic carbocycles. The average molecular weight is 284 g/mol. The highest BCUT2D eigenvalue weighted by Crippen LogP contribution is 2.30. The van der Waals surface area contributed by atoms with Crippen molar-refractivity contribution in [3.05, 3.63) is 22.5 Å². The molecule has 0 atom stereocenters. The van der Waals surface area contributed by atoms with Gasteiger partial charge in [-0.2, -0.15) is 5.10 Å². The van der Waals surface area contributed by atoms with Crippen molar-refractivity contribution in [2.24, 2.45) is 7.05 Å². The lowest BCUT2D eigenvalue weighted by atomic mass is 9.80. The third-order valence-corrected chi connectivity index (χ3v) is 3.92. The number of hydrogen-bond donors (Lipinski definition) is 2. The van der Waals surface area contributed by atoms with Crippen molar-refractivity contribution in [2.45, 2.75) is 31.8 Å². The third-order valence-electron chi connectivity index (χ3n) is 3.47. The summed E-state index contributed by atoms with van der Waals surface area (Å²) in [4.78, 5) is 11.7. The molecule has 2 rings (SSSR count). The van der Waals surface area contributed by atoms with Crippen LogP contribution in [0.5, 0.6) is 0 Å². The molecule has 6 heteroatoms. The monoisotopic (exact) mass is 283 g/mol. The number of aryl methyl sites for hydroxylation is 2. The van der Waals surface area contributed by atoms with Crippen molar-refractivity contribution in [3.63, 3.8) is 0 Å². The van der Waals surface area contributed by atoms with Crippen molar-refractivity contribution in [1.82, 2.24) is 15.1 Å². The summed E-state index contributed by atoms with van der Waals surface area (Å²) in [6, 6.07) is 0. The SMILES string of the molecule is Cc1nn(C)c(Cl)c1/C=C/C(=O)NCC1(O)CCC1. The standard InChI is InChI=1S/C13H18ClN3O2/c1-9-10(12(14)17(2)16-9)4-5-11(18)15-8-13(19)6-3-7-13/h4-5,19H,3,6-8H2,1-2H3,(H,15,18)/b5-4+. The quantitative estimate of drug-likeness (QED) is 0.822. The largest absolute Gasteiger partial charge is 0.388 e. The number of nitrogens with zero attached hydrogens (tertiary/aromatic N) is 2. The highest BCUT2D eigenvalue weighted by atomic mass is 35.5. The molecule has 2 N–H and O–H groups in total. The smallest absolute Gasteiger partial charge is 0.244 e. The number of rotatable bonds is 4. The van der Waals surface area contributed by atoms with Crippen LogP contribution >= 0.6 is 11.6 Å². The van der Waals surface area contributed by atoms with Gasteiger partial charge in [-0.15, -0.1) is 0 Å². The normalized spacial score (nSPS) is 17.5. The van der Waals surface area contributed by atoms with Crippen molar-refractivity contribution in [3.8, 4) is 0 Å². The summed E-state index contributed by atoms with van der Waals surface area (Å²) in [5, 5.41) is 17.2. The summed E-state index contributed by atoms with van der Waals surface area (Å²) >= 11 is 6.06. The summed E-state index contributed by atoms with van der Waals surface area (Å²) in [6.45, 7) is 2.14. The number of aromatic nitrogens is 2. The molecule has 0 spiro atoms. The molecule has 0 bridgehead atoms. The van der Waals surface area contributed by atoms with E-state index in [0.717, 1.165) is 30.5 Å². The minimum Gasteiger partial charge on any atom is -0.388 e. The average Bonchev–Trinajstić information content (AvgIpc) is 2.56. The zero-order valence-corrected chi connectivity index (χ0v) is 11.9. The number of carbonyl (C=O) groups excluding carboxylic acids is 1. The molecule has 19 heavy (non-hydrogen) atoms. The van der Waals surface area contributed by atoms with Gasteiger partial charge in [-0.05, 0) is 32.3 Å². The highest BCUT2D eigenvalue weighted by Gasteiger charge is 2.34. The van der Waals surface area contributed by atoms with Crippen LogP contribution in [-0.2, 0) is 11.8 Å². The second-order valence-corrected chi connectivity index (χ2v) is 5.40. The van der Waals surface area contributed by atoms with E-state index in [0.29, 0.717) is 11.7 Å². The molecule has 104 valence electrons. The van der Waals surface area contributed by atoms with Crippen LogP contribution in [0.4, 0.5) is 0 Å². The summed E-state index contributed by atoms with van der Waals surface area (Å²) < 4.78 is 1.56. The van der Waals surface area contributed by atoms with Gasteiger partial charge < -0.3 is 10.4 Å². The molecule has 0 aromatic carbocycles. The van der Waals surface area contributed by atoms with E-state index < -0.39 is 5.60 Å². The van der Waals surface area contributed by atoms with E-state index in [4.69, 9.17) is 11.6 Å². The molecule has 0 aliphatic heterocycles. The van der Waals surface area contributed by atoms with Gasteiger partial charge in [0.2, 0.25) is 5.91 Å². The highest BCUT2D eigenvalue weighted by molar-refractivity contribution is 6.31. The maximum atomic E-state index is 11.7. The van der Waals surface area contributed by atoms with Gasteiger partial charge in [-0.25, -0.2) is 0 Å². The maximum absolute atomic E-state index is 11.7. The summed E-state index contributed by atoms with van der Waals surface area (Å²) in [5.74, 6) is -0.236. The lowest BCUT2D eigenvalue weighted by Crippen LogP contribution is -2.47. The van der Waals surface area contributed by atoms with Crippen molar-refractivity contribution >= 4 is 23.6 Å². The Balaban J connectivity index is 1.92. The summed E-state index contributed by atoms with van der Waals surface area (Å²) in [5.41, 5.74) is 0.807. The number of amides is 1. The Labute approximate surface area is 117 Å². The molecule has 5 nitrogen and oxygen atoms in total. The van der Waals surface area contributed by atoms with Crippen LogP contribution in [0.15, 0.2) is 6.08 Å². The predicted octanol–water partition coefficient (Wildman–Crippen LogP) is 1.43. The molecule has 1 fully saturated rings. The second kappa shape index (κ2) is 5.35. The van der Waals surface area contributed by atoms with Gasteiger partial charge in [0, 0.05) is 25.2 Å². The van der Waals surface area contributed by atoms with Crippen molar-refractivity contribution < 1.29 is 9.90 Å². The summed E-state index contributed by atoms with van der Waals surface area (Å²) in [6.07, 6.45) is 5.59. The predicted molar refractivity (Wildman–Crippen MR) is 73.8 cm³/mol. The van der Waals surface area contributed by atoms with Crippen LogP contribution in [-0.4, -0.2) is 32.9 Å². The molecule has 1 heterocycles. The number of nitrogens with one attached hydrogen (secondary N) is 1. The molecule has 1 amide bonds. The lowest BCUT2D eigenvalue weighted by Gasteiger charge is -2.36. The fraction of sp³-hybridized carbons (Fsp3) is 0.538. The van der Waals surface area contributed by atoms with Crippen LogP contribution in [0.3, 0.4) is 0 Å². The second-order valence-electron chi connectivity index (χ2n) is 5.04. The Kier molecular flexibility index (Phi) is 3.96. The number of carbonyl (C=O) groups is 1. The zero-order chi connectivity index (χ0) is 14.0. The topological polar surface area (TPSA) is 67.2 Å². The molecular formula is C13H18ClN3O2. The molecular weight excluding hydrogens is 266 g/mol. The van der Waals surface area contributed by atoms with Crippen LogP contribution in [0.25, 0.3) is 6.08 Å². The van der Waals surface area contributed by atoms with E-state index in [1.807, 2.05) is 6.92 Å². The minimum atomic E-state index is -0.703. The Morgan fingerprint density at radius 1 is 1.63 bits per heavy atom. The third kappa shape index (κ3) is 3.16. The fourth-order valence-electron chi connectivity index (χ4n) is 2.07. The molecule has 1 aromatic rings. The van der Waals surface area contributed by atoms with Crippen LogP contribution < -0.4 is 5.32 Å². The van der Waals surface area contributed by atoms with E-state index in [1.165, 1.54) is 6.08 Å². The number of hydrogen-bond acceptors (Lipinski definition) is 3.